The molecule has 0 spiro atoms. The van der Waals surface area contributed by atoms with Crippen LogP contribution in [0.15, 0.2) is 59.8 Å². The fraction of sp³-hybridized carbons (Fsp3) is 0.779. The van der Waals surface area contributed by atoms with Crippen LogP contribution in [-0.2, 0) is 38.8 Å². The molecule has 3 aromatic heterocycles. The van der Waals surface area contributed by atoms with Gasteiger partial charge in [0.25, 0.3) is 0 Å². The van der Waals surface area contributed by atoms with Gasteiger partial charge in [0, 0.05) is 34.8 Å². The summed E-state index contributed by atoms with van der Waals surface area (Å²) in [5, 5.41) is 66.4. The van der Waals surface area contributed by atoms with Gasteiger partial charge < -0.3 is 30.6 Å². The highest BCUT2D eigenvalue weighted by Gasteiger charge is 2.68. The van der Waals surface area contributed by atoms with Crippen molar-refractivity contribution in [3.63, 3.8) is 0 Å². The number of hydrogen-bond acceptors (Lipinski definition) is 18. The van der Waals surface area contributed by atoms with Gasteiger partial charge in [-0.2, -0.15) is 15.0 Å². The van der Waals surface area contributed by atoms with E-state index in [0.717, 1.165) is 174 Å². The minimum Gasteiger partial charge on any atom is -0.494 e. The molecule has 32 atom stereocenters. The number of carbonyl (C=O) groups is 4. The number of nitrogens with one attached hydrogen (secondary N) is 2. The third-order valence-corrected chi connectivity index (χ3v) is 45.5. The summed E-state index contributed by atoms with van der Waals surface area (Å²) in [6.45, 7) is 32.4. The maximum absolute atomic E-state index is 14.9. The van der Waals surface area contributed by atoms with Crippen molar-refractivity contribution in [2.45, 2.75) is 375 Å². The number of anilines is 2. The van der Waals surface area contributed by atoms with Crippen molar-refractivity contribution in [1.82, 2.24) is 45.3 Å². The van der Waals surface area contributed by atoms with Crippen LogP contribution in [0.5, 0.6) is 5.75 Å². The summed E-state index contributed by atoms with van der Waals surface area (Å²) in [5.41, 5.74) is 10.5. The van der Waals surface area contributed by atoms with Crippen LogP contribution in [0.1, 0.15) is 325 Å². The first-order valence-electron chi connectivity index (χ1n) is 53.9. The van der Waals surface area contributed by atoms with Gasteiger partial charge >= 0.3 is 0 Å². The smallest absolute Gasteiger partial charge is 0.159 e. The minimum absolute atomic E-state index is 0.0340. The molecule has 16 fully saturated rings. The third-order valence-electron chi connectivity index (χ3n) is 44.8. The lowest BCUT2D eigenvalue weighted by Crippen LogP contribution is -2.56. The van der Waals surface area contributed by atoms with Gasteiger partial charge in [-0.1, -0.05) is 78.8 Å². The SMILES string of the molecule is COc1cccc2c1nnn2CC(=O)[C@H]1CC[C@H]2[C@@H]3CC[C@H]4C[C@](C)(O)CC[C@]4(C)[C@H]3CC[C@]12C.CSc1cnn(CC(=O)[C@H]2CC[C@H]3[C@@H]4CC[C@H]5C[C@](C)(O)CC[C@]5(C)[C@H]4CC[C@]23C)c1.Cc1ccc2c(c1F)N(CC(=O)[C@H]1CC[C@H]3[C@@H]4CC[C@H]5C[C@](C)(O)CC[C@]5(C)[C@H]4CC[C@]13C)NN2.Cc1ccc2nn(CC(=O)[C@H]3CC[C@H]4[C@@H]5CC[C@H]6C[C@](C)(O)CC[C@]6(C)[C@H]5CC[C@]34C)nc2c1F. The summed E-state index contributed by atoms with van der Waals surface area (Å²) in [5.74, 6) is 12.6. The molecule has 6 N–H and O–H groups in total. The van der Waals surface area contributed by atoms with Gasteiger partial charge in [-0.3, -0.25) is 28.9 Å². The number of fused-ring (bicyclic) bond motifs is 23. The Morgan fingerprint density at radius 3 is 1.24 bits per heavy atom. The van der Waals surface area contributed by atoms with E-state index in [1.165, 1.54) is 108 Å². The van der Waals surface area contributed by atoms with Crippen LogP contribution < -0.4 is 20.7 Å². The second-order valence-corrected chi connectivity index (χ2v) is 52.7. The number of methoxy groups -OCH3 is 1. The highest BCUT2D eigenvalue weighted by Crippen LogP contribution is 2.74. The number of hydrazine groups is 2. The van der Waals surface area contributed by atoms with Gasteiger partial charge in [-0.05, 0) is 452 Å². The number of Topliss-reactive ketones (excluding diaryl/α,β-unsaturated/α-hetero) is 4. The molecule has 1 aliphatic heterocycles. The Balaban J connectivity index is 0.000000112. The maximum Gasteiger partial charge on any atom is 0.159 e. The number of thioether (sulfide) groups is 1. The van der Waals surface area contributed by atoms with E-state index in [2.05, 4.69) is 92.0 Å². The molecule has 0 saturated heterocycles. The molecular formula is C113H163F2N11O9S. The Hall–Kier alpha value is -6.24. The standard InChI is InChI=1S/C29H42FN3O2.C29H40FN3O2.C29H41N3O3.C26H40N2O2S/c1-17-5-10-23-26(25(17)30)33(32-31-23)16-24(34)22-9-8-20-19-7-6-18-15-27(2,35)13-14-28(18,3)21(19)11-12-29(20,22)4;1-17-5-10-23-26(25(17)30)32-33(31-23)16-24(34)22-9-8-20-19-7-6-18-15-27(2,35)13-14-28(18,3)21(19)11-12-29(20,22)4;1-27(34)14-15-28(2)18(16-27)8-9-19-20-10-11-22(29(20,3)13-12-21(19)28)24(33)17-32-23-6-5-7-25(35-4)26(23)30-31-32;1-24(30)11-12-25(2)17(13-24)5-6-19-20-7-8-22(26(20,3)10-9-21(19)25)23(29)16-28-15-18(31-4)14-27-28/h5,10,18-22,31-32,35H,6-9,11-16H2,1-4H3;5,10,18-22,35H,6-9,11-16H2,1-4H3;5-7,18-22,34H,8-17H2,1-4H3;14-15,17,19-22,30H,5-13,16H2,1-4H3/t3*18-,19-,20-,21-,22+,27+,28-,29-;17-,19-,20-,21-,22+,24+,25-,26-/m0000/s1. The van der Waals surface area contributed by atoms with E-state index in [9.17, 15) is 48.4 Å². The van der Waals surface area contributed by atoms with Crippen molar-refractivity contribution in [3.8, 4) is 5.75 Å². The summed E-state index contributed by atoms with van der Waals surface area (Å²) < 4.78 is 38.4. The molecule has 0 amide bonds. The molecular weight excluding hydrogens is 1730 g/mol. The van der Waals surface area contributed by atoms with Gasteiger partial charge in [0.15, 0.2) is 40.3 Å². The van der Waals surface area contributed by atoms with E-state index in [4.69, 9.17) is 4.74 Å². The van der Waals surface area contributed by atoms with Gasteiger partial charge in [0.1, 0.15) is 35.6 Å². The average molecular weight is 1890 g/mol. The van der Waals surface area contributed by atoms with Crippen LogP contribution in [-0.4, -0.2) is 126 Å². The fourth-order valence-electron chi connectivity index (χ4n) is 37.2. The predicted octanol–water partition coefficient (Wildman–Crippen LogP) is 22.6. The highest BCUT2D eigenvalue weighted by molar-refractivity contribution is 7.98. The molecule has 744 valence electrons. The minimum atomic E-state index is -0.502. The molecule has 23 heteroatoms. The number of benzene rings is 3. The van der Waals surface area contributed by atoms with Crippen LogP contribution in [0.3, 0.4) is 0 Å². The number of ketones is 4. The number of halogens is 2. The van der Waals surface area contributed by atoms with Gasteiger partial charge in [-0.15, -0.1) is 27.5 Å². The molecule has 6 aromatic rings. The maximum atomic E-state index is 14.9. The number of aryl methyl sites for hydroxylation is 2. The van der Waals surface area contributed by atoms with Crippen molar-refractivity contribution in [2.75, 3.05) is 30.3 Å². The fourth-order valence-corrected chi connectivity index (χ4v) is 37.5. The lowest BCUT2D eigenvalue weighted by atomic mass is 9.44. The average Bonchev–Trinajstić information content (AvgIpc) is 1.47. The topological polar surface area (TPSA) is 265 Å². The number of hydrogen-bond donors (Lipinski definition) is 6. The number of nitrogens with zero attached hydrogens (tertiary/aromatic N) is 9. The molecule has 23 rings (SSSR count). The van der Waals surface area contributed by atoms with E-state index in [1.807, 2.05) is 75.3 Å². The van der Waals surface area contributed by atoms with E-state index < -0.39 is 22.4 Å². The molecule has 0 unspecified atom stereocenters. The van der Waals surface area contributed by atoms with Crippen LogP contribution in [0, 0.1) is 187 Å². The Labute approximate surface area is 812 Å². The van der Waals surface area contributed by atoms with E-state index >= 15 is 0 Å². The molecule has 0 bridgehead atoms. The van der Waals surface area contributed by atoms with Crippen molar-refractivity contribution < 1.29 is 53.1 Å². The number of rotatable bonds is 14. The van der Waals surface area contributed by atoms with Crippen molar-refractivity contribution in [2.24, 2.45) is 162 Å². The predicted molar refractivity (Wildman–Crippen MR) is 529 cm³/mol. The lowest BCUT2D eigenvalue weighted by Gasteiger charge is -2.61. The highest BCUT2D eigenvalue weighted by atomic mass is 32.2. The molecule has 17 aliphatic rings. The third kappa shape index (κ3) is 16.5. The van der Waals surface area contributed by atoms with Crippen molar-refractivity contribution >= 4 is 68.3 Å². The first-order chi connectivity index (χ1) is 64.4. The zero-order valence-corrected chi connectivity index (χ0v) is 85.9. The molecule has 3 aromatic carbocycles. The van der Waals surface area contributed by atoms with Crippen LogP contribution in [0.2, 0.25) is 0 Å². The molecule has 4 heterocycles. The van der Waals surface area contributed by atoms with Gasteiger partial charge in [-0.25, -0.2) is 13.5 Å². The first kappa shape index (κ1) is 97.2. The molecule has 16 saturated carbocycles. The summed E-state index contributed by atoms with van der Waals surface area (Å²) in [6.07, 6.45) is 46.2. The summed E-state index contributed by atoms with van der Waals surface area (Å²) in [7, 11) is 1.64. The molecule has 16 aliphatic carbocycles. The lowest BCUT2D eigenvalue weighted by molar-refractivity contribution is -0.151. The van der Waals surface area contributed by atoms with E-state index in [0.29, 0.717) is 145 Å². The Morgan fingerprint density at radius 2 is 0.824 bits per heavy atom. The van der Waals surface area contributed by atoms with Gasteiger partial charge in [0.05, 0.1) is 60.0 Å². The number of aromatic nitrogens is 8. The second-order valence-electron chi connectivity index (χ2n) is 51.9. The largest absolute Gasteiger partial charge is 0.494 e. The van der Waals surface area contributed by atoms with E-state index in [1.54, 1.807) is 60.6 Å². The summed E-state index contributed by atoms with van der Waals surface area (Å²) in [6, 6.07) is 12.9. The quantitative estimate of drug-likeness (QED) is 0.0554. The number of aliphatic hydroxyl groups is 4. The molecule has 136 heavy (non-hydrogen) atoms. The zero-order valence-electron chi connectivity index (χ0n) is 85.0. The van der Waals surface area contributed by atoms with Crippen molar-refractivity contribution in [3.05, 3.63) is 77.6 Å². The summed E-state index contributed by atoms with van der Waals surface area (Å²) >= 11 is 1.68. The van der Waals surface area contributed by atoms with Crippen LogP contribution in [0.25, 0.3) is 22.1 Å². The first-order valence-corrected chi connectivity index (χ1v) is 55.1. The normalized spacial score (nSPS) is 44.1. The van der Waals surface area contributed by atoms with Crippen LogP contribution in [0.4, 0.5) is 20.2 Å². The monoisotopic (exact) mass is 1890 g/mol. The number of carbonyl (C=O) groups excluding carboxylic acids is 4. The zero-order chi connectivity index (χ0) is 96.1. The number of ether oxygens (including phenoxy) is 1. The van der Waals surface area contributed by atoms with E-state index in [-0.39, 0.29) is 87.1 Å². The molecule has 20 nitrogen and oxygen atoms in total. The second kappa shape index (κ2) is 35.4. The van der Waals surface area contributed by atoms with Gasteiger partial charge in [0.2, 0.25) is 0 Å². The van der Waals surface area contributed by atoms with Crippen molar-refractivity contribution in [1.29, 1.82) is 0 Å². The summed E-state index contributed by atoms with van der Waals surface area (Å²) in [4.78, 5) is 57.0. The Kier molecular flexibility index (Phi) is 25.3. The Morgan fingerprint density at radius 1 is 0.434 bits per heavy atom. The Bertz CT molecular complexity index is 5530. The molecule has 0 radical (unpaired) electrons. The van der Waals surface area contributed by atoms with Crippen LogP contribution >= 0.6 is 11.8 Å².